The molecule has 0 radical (unpaired) electrons. The minimum Gasteiger partial charge on any atom is -0.348 e. The Morgan fingerprint density at radius 1 is 1.07 bits per heavy atom. The van der Waals surface area contributed by atoms with Crippen LogP contribution in [-0.2, 0) is 14.8 Å². The standard InChI is InChI=1S/C21H27N3O4S/c1-5-19(16-11-9-15(2)10-12-16)23-20(25)14-22-21(26)17-7-6-8-18(13-17)29(27,28)24(3)4/h6-13,19H,5,14H2,1-4H3,(H,22,26)(H,23,25). The van der Waals surface area contributed by atoms with E-state index in [0.29, 0.717) is 6.42 Å². The number of benzene rings is 2. The molecule has 0 saturated heterocycles. The number of nitrogens with one attached hydrogen (secondary N) is 2. The van der Waals surface area contributed by atoms with E-state index in [0.717, 1.165) is 15.4 Å². The van der Waals surface area contributed by atoms with Gasteiger partial charge in [-0.25, -0.2) is 12.7 Å². The minimum absolute atomic E-state index is 0.0185. The van der Waals surface area contributed by atoms with Gasteiger partial charge in [-0.2, -0.15) is 0 Å². The van der Waals surface area contributed by atoms with E-state index in [2.05, 4.69) is 10.6 Å². The maximum atomic E-state index is 12.4. The monoisotopic (exact) mass is 417 g/mol. The highest BCUT2D eigenvalue weighted by Crippen LogP contribution is 2.17. The molecule has 2 rings (SSSR count). The fourth-order valence-corrected chi connectivity index (χ4v) is 3.68. The lowest BCUT2D eigenvalue weighted by molar-refractivity contribution is -0.120. The summed E-state index contributed by atoms with van der Waals surface area (Å²) in [6, 6.07) is 13.5. The molecule has 0 fully saturated rings. The van der Waals surface area contributed by atoms with E-state index in [-0.39, 0.29) is 29.0 Å². The van der Waals surface area contributed by atoms with Crippen molar-refractivity contribution in [3.8, 4) is 0 Å². The first-order chi connectivity index (χ1) is 13.6. The Labute approximate surface area is 172 Å². The number of nitrogens with zero attached hydrogens (tertiary/aromatic N) is 1. The predicted octanol–water partition coefficient (Wildman–Crippen LogP) is 2.24. The number of aryl methyl sites for hydroxylation is 1. The number of rotatable bonds is 8. The molecule has 2 amide bonds. The van der Waals surface area contributed by atoms with Crippen LogP contribution in [-0.4, -0.2) is 45.2 Å². The Morgan fingerprint density at radius 2 is 1.72 bits per heavy atom. The summed E-state index contributed by atoms with van der Waals surface area (Å²) in [4.78, 5) is 24.7. The summed E-state index contributed by atoms with van der Waals surface area (Å²) >= 11 is 0. The van der Waals surface area contributed by atoms with Gasteiger partial charge in [0.25, 0.3) is 5.91 Å². The summed E-state index contributed by atoms with van der Waals surface area (Å²) in [5, 5.41) is 5.44. The third-order valence-corrected chi connectivity index (χ3v) is 6.32. The van der Waals surface area contributed by atoms with Crippen molar-refractivity contribution in [2.75, 3.05) is 20.6 Å². The first-order valence-electron chi connectivity index (χ1n) is 9.32. The molecule has 0 aliphatic heterocycles. The van der Waals surface area contributed by atoms with Crippen LogP contribution in [0.25, 0.3) is 0 Å². The Balaban J connectivity index is 1.99. The second-order valence-corrected chi connectivity index (χ2v) is 9.09. The smallest absolute Gasteiger partial charge is 0.251 e. The van der Waals surface area contributed by atoms with Gasteiger partial charge in [0.1, 0.15) is 0 Å². The molecule has 2 aromatic rings. The van der Waals surface area contributed by atoms with Gasteiger partial charge in [-0.3, -0.25) is 9.59 Å². The lowest BCUT2D eigenvalue weighted by Crippen LogP contribution is -2.38. The molecular formula is C21H27N3O4S. The Bertz CT molecular complexity index is 970. The van der Waals surface area contributed by atoms with Crippen LogP contribution in [0.3, 0.4) is 0 Å². The predicted molar refractivity (Wildman–Crippen MR) is 112 cm³/mol. The maximum absolute atomic E-state index is 12.4. The van der Waals surface area contributed by atoms with Crippen LogP contribution in [0.15, 0.2) is 53.4 Å². The first kappa shape index (κ1) is 22.6. The van der Waals surface area contributed by atoms with Crippen molar-refractivity contribution >= 4 is 21.8 Å². The lowest BCUT2D eigenvalue weighted by Gasteiger charge is -2.18. The molecule has 0 heterocycles. The van der Waals surface area contributed by atoms with E-state index in [4.69, 9.17) is 0 Å². The van der Waals surface area contributed by atoms with Crippen molar-refractivity contribution in [3.05, 3.63) is 65.2 Å². The number of sulfonamides is 1. The molecule has 29 heavy (non-hydrogen) atoms. The van der Waals surface area contributed by atoms with Crippen LogP contribution in [0.5, 0.6) is 0 Å². The normalized spacial score (nSPS) is 12.4. The highest BCUT2D eigenvalue weighted by Gasteiger charge is 2.19. The highest BCUT2D eigenvalue weighted by molar-refractivity contribution is 7.89. The number of carbonyl (C=O) groups excluding carboxylic acids is 2. The molecule has 0 spiro atoms. The van der Waals surface area contributed by atoms with Gasteiger partial charge in [-0.15, -0.1) is 0 Å². The third-order valence-electron chi connectivity index (χ3n) is 4.51. The zero-order chi connectivity index (χ0) is 21.6. The molecule has 1 atom stereocenters. The van der Waals surface area contributed by atoms with Crippen LogP contribution in [0.1, 0.15) is 40.9 Å². The fourth-order valence-electron chi connectivity index (χ4n) is 2.74. The van der Waals surface area contributed by atoms with Crippen molar-refractivity contribution in [1.29, 1.82) is 0 Å². The number of amides is 2. The van der Waals surface area contributed by atoms with Gasteiger partial charge in [0, 0.05) is 19.7 Å². The van der Waals surface area contributed by atoms with Gasteiger partial charge in [0.15, 0.2) is 0 Å². The first-order valence-corrected chi connectivity index (χ1v) is 10.8. The molecule has 1 unspecified atom stereocenters. The van der Waals surface area contributed by atoms with Gasteiger partial charge in [-0.05, 0) is 37.1 Å². The zero-order valence-electron chi connectivity index (χ0n) is 17.1. The fraction of sp³-hybridized carbons (Fsp3) is 0.333. The Hall–Kier alpha value is -2.71. The molecule has 8 heteroatoms. The number of hydrogen-bond acceptors (Lipinski definition) is 4. The van der Waals surface area contributed by atoms with Crippen molar-refractivity contribution in [2.45, 2.75) is 31.2 Å². The summed E-state index contributed by atoms with van der Waals surface area (Å²) in [6.45, 7) is 3.77. The molecule has 2 N–H and O–H groups in total. The zero-order valence-corrected chi connectivity index (χ0v) is 17.9. The molecule has 0 bridgehead atoms. The summed E-state index contributed by atoms with van der Waals surface area (Å²) in [7, 11) is -0.801. The van der Waals surface area contributed by atoms with E-state index in [9.17, 15) is 18.0 Å². The second kappa shape index (κ2) is 9.67. The summed E-state index contributed by atoms with van der Waals surface area (Å²) in [5.74, 6) is -0.831. The molecule has 0 aliphatic carbocycles. The third kappa shape index (κ3) is 5.88. The molecule has 156 valence electrons. The molecule has 2 aromatic carbocycles. The molecule has 0 saturated carbocycles. The van der Waals surface area contributed by atoms with E-state index < -0.39 is 15.9 Å². The topological polar surface area (TPSA) is 95.6 Å². The van der Waals surface area contributed by atoms with Crippen molar-refractivity contribution in [2.24, 2.45) is 0 Å². The Kier molecular flexibility index (Phi) is 7.53. The van der Waals surface area contributed by atoms with Crippen LogP contribution in [0.2, 0.25) is 0 Å². The van der Waals surface area contributed by atoms with Crippen molar-refractivity contribution < 1.29 is 18.0 Å². The van der Waals surface area contributed by atoms with Gasteiger partial charge in [0.05, 0.1) is 17.5 Å². The minimum atomic E-state index is -3.64. The summed E-state index contributed by atoms with van der Waals surface area (Å²) in [5.41, 5.74) is 2.31. The van der Waals surface area contributed by atoms with E-state index in [1.807, 2.05) is 38.1 Å². The average molecular weight is 418 g/mol. The SMILES string of the molecule is CCC(NC(=O)CNC(=O)c1cccc(S(=O)(=O)N(C)C)c1)c1ccc(C)cc1. The van der Waals surface area contributed by atoms with Crippen LogP contribution < -0.4 is 10.6 Å². The van der Waals surface area contributed by atoms with E-state index >= 15 is 0 Å². The molecular weight excluding hydrogens is 390 g/mol. The highest BCUT2D eigenvalue weighted by atomic mass is 32.2. The van der Waals surface area contributed by atoms with Crippen LogP contribution in [0.4, 0.5) is 0 Å². The molecule has 0 aromatic heterocycles. The largest absolute Gasteiger partial charge is 0.348 e. The number of hydrogen-bond donors (Lipinski definition) is 2. The quantitative estimate of drug-likeness (QED) is 0.689. The number of carbonyl (C=O) groups is 2. The van der Waals surface area contributed by atoms with Gasteiger partial charge in [-0.1, -0.05) is 42.8 Å². The van der Waals surface area contributed by atoms with Crippen LogP contribution >= 0.6 is 0 Å². The van der Waals surface area contributed by atoms with E-state index in [1.165, 1.54) is 38.4 Å². The Morgan fingerprint density at radius 3 is 2.31 bits per heavy atom. The van der Waals surface area contributed by atoms with Gasteiger partial charge >= 0.3 is 0 Å². The lowest BCUT2D eigenvalue weighted by atomic mass is 10.0. The molecule has 7 nitrogen and oxygen atoms in total. The van der Waals surface area contributed by atoms with Gasteiger partial charge in [0.2, 0.25) is 15.9 Å². The summed E-state index contributed by atoms with van der Waals surface area (Å²) in [6.07, 6.45) is 0.715. The maximum Gasteiger partial charge on any atom is 0.251 e. The summed E-state index contributed by atoms with van der Waals surface area (Å²) < 4.78 is 25.5. The molecule has 0 aliphatic rings. The van der Waals surface area contributed by atoms with Crippen LogP contribution in [0, 0.1) is 6.92 Å². The van der Waals surface area contributed by atoms with Crippen molar-refractivity contribution in [1.82, 2.24) is 14.9 Å². The average Bonchev–Trinajstić information content (AvgIpc) is 2.71. The second-order valence-electron chi connectivity index (χ2n) is 6.94. The van der Waals surface area contributed by atoms with Gasteiger partial charge < -0.3 is 10.6 Å². The van der Waals surface area contributed by atoms with E-state index in [1.54, 1.807) is 0 Å². The van der Waals surface area contributed by atoms with Crippen molar-refractivity contribution in [3.63, 3.8) is 0 Å².